The summed E-state index contributed by atoms with van der Waals surface area (Å²) >= 11 is 0. The number of carbonyl (C=O) groups is 2. The van der Waals surface area contributed by atoms with Gasteiger partial charge in [-0.1, -0.05) is 13.0 Å². The average Bonchev–Trinajstić information content (AvgIpc) is 3.54. The minimum Gasteiger partial charge on any atom is -0.467 e. The first-order chi connectivity index (χ1) is 16.9. The van der Waals surface area contributed by atoms with Gasteiger partial charge in [-0.2, -0.15) is 0 Å². The molecule has 0 atom stereocenters. The summed E-state index contributed by atoms with van der Waals surface area (Å²) in [6.45, 7) is 2.79. The fourth-order valence-corrected chi connectivity index (χ4v) is 3.78. The van der Waals surface area contributed by atoms with Gasteiger partial charge in [0.2, 0.25) is 12.7 Å². The highest BCUT2D eigenvalue weighted by molar-refractivity contribution is 5.96. The minimum atomic E-state index is -0.524. The molecular formula is C25H25N3O7. The fraction of sp³-hybridized carbons (Fsp3) is 0.280. The van der Waals surface area contributed by atoms with E-state index in [1.165, 1.54) is 29.2 Å². The van der Waals surface area contributed by atoms with Crippen molar-refractivity contribution in [3.05, 3.63) is 87.9 Å². The quantitative estimate of drug-likeness (QED) is 0.319. The molecule has 4 rings (SSSR count). The van der Waals surface area contributed by atoms with Gasteiger partial charge in [-0.3, -0.25) is 19.7 Å². The van der Waals surface area contributed by atoms with E-state index in [1.54, 1.807) is 29.4 Å². The molecule has 1 aromatic heterocycles. The Balaban J connectivity index is 1.52. The van der Waals surface area contributed by atoms with Crippen LogP contribution < -0.4 is 9.47 Å². The number of non-ortho nitro benzene ring substituents is 1. The van der Waals surface area contributed by atoms with Crippen LogP contribution in [0.25, 0.3) is 0 Å². The monoisotopic (exact) mass is 479 g/mol. The second kappa shape index (κ2) is 10.7. The largest absolute Gasteiger partial charge is 0.467 e. The smallest absolute Gasteiger partial charge is 0.269 e. The lowest BCUT2D eigenvalue weighted by molar-refractivity contribution is -0.384. The van der Waals surface area contributed by atoms with Crippen molar-refractivity contribution in [1.29, 1.82) is 0 Å². The standard InChI is InChI=1S/C25H25N3O7/c1-2-11-26(25(30)19-6-8-20(9-7-19)28(31)32)16-24(29)27(15-21-4-3-12-33-21)14-18-5-10-22-23(13-18)35-17-34-22/h3-10,12-13H,2,11,14-17H2,1H3. The van der Waals surface area contributed by atoms with Crippen LogP contribution in [-0.4, -0.2) is 46.4 Å². The molecular weight excluding hydrogens is 454 g/mol. The minimum absolute atomic E-state index is 0.104. The Morgan fingerprint density at radius 2 is 1.77 bits per heavy atom. The number of benzene rings is 2. The lowest BCUT2D eigenvalue weighted by atomic mass is 10.1. The molecule has 0 unspecified atom stereocenters. The molecule has 0 N–H and O–H groups in total. The summed E-state index contributed by atoms with van der Waals surface area (Å²) in [5, 5.41) is 10.9. The van der Waals surface area contributed by atoms with E-state index in [0.29, 0.717) is 30.2 Å². The molecule has 10 nitrogen and oxygen atoms in total. The molecule has 1 aliphatic heterocycles. The van der Waals surface area contributed by atoms with Crippen LogP contribution in [0.3, 0.4) is 0 Å². The van der Waals surface area contributed by atoms with Crippen LogP contribution in [0.5, 0.6) is 11.5 Å². The molecule has 2 heterocycles. The molecule has 2 amide bonds. The van der Waals surface area contributed by atoms with Gasteiger partial charge in [-0.15, -0.1) is 0 Å². The highest BCUT2D eigenvalue weighted by Gasteiger charge is 2.24. The van der Waals surface area contributed by atoms with Crippen molar-refractivity contribution in [1.82, 2.24) is 9.80 Å². The molecule has 35 heavy (non-hydrogen) atoms. The number of nitro benzene ring substituents is 1. The molecule has 182 valence electrons. The summed E-state index contributed by atoms with van der Waals surface area (Å²) in [7, 11) is 0. The van der Waals surface area contributed by atoms with Crippen molar-refractivity contribution < 1.29 is 28.4 Å². The van der Waals surface area contributed by atoms with Crippen molar-refractivity contribution in [2.75, 3.05) is 19.9 Å². The fourth-order valence-electron chi connectivity index (χ4n) is 3.78. The Morgan fingerprint density at radius 3 is 2.46 bits per heavy atom. The number of hydrogen-bond acceptors (Lipinski definition) is 7. The summed E-state index contributed by atoms with van der Waals surface area (Å²) < 4.78 is 16.3. The number of nitro groups is 1. The van der Waals surface area contributed by atoms with Crippen molar-refractivity contribution >= 4 is 17.5 Å². The number of ether oxygens (including phenoxy) is 2. The number of carbonyl (C=O) groups excluding carboxylic acids is 2. The van der Waals surface area contributed by atoms with Crippen LogP contribution in [0.2, 0.25) is 0 Å². The number of amides is 2. The lowest BCUT2D eigenvalue weighted by Crippen LogP contribution is -2.42. The highest BCUT2D eigenvalue weighted by atomic mass is 16.7. The third kappa shape index (κ3) is 5.78. The van der Waals surface area contributed by atoms with Gasteiger partial charge < -0.3 is 23.7 Å². The normalized spacial score (nSPS) is 11.8. The maximum atomic E-state index is 13.4. The van der Waals surface area contributed by atoms with Crippen LogP contribution in [0.4, 0.5) is 5.69 Å². The lowest BCUT2D eigenvalue weighted by Gasteiger charge is -2.27. The summed E-state index contributed by atoms with van der Waals surface area (Å²) in [5.74, 6) is 1.26. The Morgan fingerprint density at radius 1 is 1.00 bits per heavy atom. The Hall–Kier alpha value is -4.34. The molecule has 0 saturated heterocycles. The third-order valence-corrected chi connectivity index (χ3v) is 5.52. The van der Waals surface area contributed by atoms with E-state index in [1.807, 2.05) is 19.1 Å². The van der Waals surface area contributed by atoms with Crippen LogP contribution in [0.1, 0.15) is 35.0 Å². The van der Waals surface area contributed by atoms with E-state index < -0.39 is 4.92 Å². The molecule has 0 saturated carbocycles. The number of nitrogens with zero attached hydrogens (tertiary/aromatic N) is 3. The first-order valence-electron chi connectivity index (χ1n) is 11.2. The van der Waals surface area contributed by atoms with Gasteiger partial charge in [-0.05, 0) is 48.4 Å². The maximum absolute atomic E-state index is 13.4. The second-order valence-electron chi connectivity index (χ2n) is 8.05. The highest BCUT2D eigenvalue weighted by Crippen LogP contribution is 2.33. The number of rotatable bonds is 10. The summed E-state index contributed by atoms with van der Waals surface area (Å²) in [4.78, 5) is 40.0. The summed E-state index contributed by atoms with van der Waals surface area (Å²) in [6, 6.07) is 14.4. The van der Waals surface area contributed by atoms with E-state index >= 15 is 0 Å². The van der Waals surface area contributed by atoms with Gasteiger partial charge in [0.05, 0.1) is 17.7 Å². The van der Waals surface area contributed by atoms with E-state index in [9.17, 15) is 19.7 Å². The second-order valence-corrected chi connectivity index (χ2v) is 8.05. The predicted octanol–water partition coefficient (Wildman–Crippen LogP) is 4.00. The summed E-state index contributed by atoms with van der Waals surface area (Å²) in [5.41, 5.74) is 1.02. The van der Waals surface area contributed by atoms with E-state index in [-0.39, 0.29) is 49.5 Å². The summed E-state index contributed by atoms with van der Waals surface area (Å²) in [6.07, 6.45) is 2.19. The van der Waals surface area contributed by atoms with Crippen molar-refractivity contribution in [3.63, 3.8) is 0 Å². The number of fused-ring (bicyclic) bond motifs is 1. The van der Waals surface area contributed by atoms with Crippen molar-refractivity contribution in [2.24, 2.45) is 0 Å². The molecule has 0 radical (unpaired) electrons. The first kappa shape index (κ1) is 23.8. The molecule has 1 aliphatic rings. The average molecular weight is 479 g/mol. The third-order valence-electron chi connectivity index (χ3n) is 5.52. The molecule has 0 spiro atoms. The molecule has 0 aliphatic carbocycles. The Bertz CT molecular complexity index is 1190. The van der Waals surface area contributed by atoms with Gasteiger partial charge in [0.15, 0.2) is 11.5 Å². The van der Waals surface area contributed by atoms with E-state index in [4.69, 9.17) is 13.9 Å². The van der Waals surface area contributed by atoms with Gasteiger partial charge in [-0.25, -0.2) is 0 Å². The number of furan rings is 1. The van der Waals surface area contributed by atoms with Crippen molar-refractivity contribution in [2.45, 2.75) is 26.4 Å². The van der Waals surface area contributed by atoms with Crippen LogP contribution in [0.15, 0.2) is 65.3 Å². The Labute approximate surface area is 201 Å². The molecule has 2 aromatic carbocycles. The van der Waals surface area contributed by atoms with Gasteiger partial charge in [0, 0.05) is 30.8 Å². The van der Waals surface area contributed by atoms with E-state index in [0.717, 1.165) is 5.56 Å². The molecule has 0 fully saturated rings. The zero-order chi connectivity index (χ0) is 24.8. The van der Waals surface area contributed by atoms with Crippen LogP contribution in [-0.2, 0) is 17.9 Å². The number of hydrogen-bond donors (Lipinski definition) is 0. The van der Waals surface area contributed by atoms with Crippen LogP contribution >= 0.6 is 0 Å². The van der Waals surface area contributed by atoms with Crippen molar-refractivity contribution in [3.8, 4) is 11.5 Å². The van der Waals surface area contributed by atoms with Gasteiger partial charge in [0.25, 0.3) is 11.6 Å². The topological polar surface area (TPSA) is 115 Å². The zero-order valence-corrected chi connectivity index (χ0v) is 19.2. The SMILES string of the molecule is CCCN(CC(=O)N(Cc1ccc2c(c1)OCO2)Cc1ccco1)C(=O)c1ccc([N+](=O)[O-])cc1. The maximum Gasteiger partial charge on any atom is 0.269 e. The first-order valence-corrected chi connectivity index (χ1v) is 11.2. The van der Waals surface area contributed by atoms with Gasteiger partial charge in [0.1, 0.15) is 12.3 Å². The van der Waals surface area contributed by atoms with E-state index in [2.05, 4.69) is 0 Å². The molecule has 10 heteroatoms. The van der Waals surface area contributed by atoms with Gasteiger partial charge >= 0.3 is 0 Å². The molecule has 3 aromatic rings. The predicted molar refractivity (Wildman–Crippen MR) is 125 cm³/mol. The zero-order valence-electron chi connectivity index (χ0n) is 19.2. The molecule has 0 bridgehead atoms. The van der Waals surface area contributed by atoms with Crippen LogP contribution in [0, 0.1) is 10.1 Å². The Kier molecular flexibility index (Phi) is 7.30.